The Labute approximate surface area is 50.9 Å². The summed E-state index contributed by atoms with van der Waals surface area (Å²) < 4.78 is 0. The van der Waals surface area contributed by atoms with Crippen molar-refractivity contribution in [2.24, 2.45) is 0 Å². The van der Waals surface area contributed by atoms with Crippen molar-refractivity contribution >= 4 is 0 Å². The van der Waals surface area contributed by atoms with Gasteiger partial charge in [0, 0.05) is 6.04 Å². The van der Waals surface area contributed by atoms with Crippen molar-refractivity contribution in [2.45, 2.75) is 25.6 Å². The first kappa shape index (κ1) is 6.05. The van der Waals surface area contributed by atoms with Crippen LogP contribution in [0.3, 0.4) is 0 Å². The van der Waals surface area contributed by atoms with Crippen LogP contribution in [0.1, 0.15) is 13.3 Å². The van der Waals surface area contributed by atoms with Crippen molar-refractivity contribution < 1.29 is 0 Å². The molecular formula is C6H14N2. The maximum Gasteiger partial charge on any atom is 0.0609 e. The normalized spacial score (nSPS) is 39.4. The molecule has 0 spiro atoms. The van der Waals surface area contributed by atoms with Crippen molar-refractivity contribution in [3.8, 4) is 0 Å². The highest BCUT2D eigenvalue weighted by atomic mass is 15.3. The number of likely N-dealkylation sites (tertiary alicyclic amines) is 1. The Bertz CT molecular complexity index is 82.6. The van der Waals surface area contributed by atoms with E-state index in [9.17, 15) is 0 Å². The van der Waals surface area contributed by atoms with E-state index < -0.39 is 0 Å². The lowest BCUT2D eigenvalue weighted by molar-refractivity contribution is 0.0382. The zero-order valence-corrected chi connectivity index (χ0v) is 5.81. The van der Waals surface area contributed by atoms with E-state index in [-0.39, 0.29) is 0 Å². The number of nitrogens with zero attached hydrogens (tertiary/aromatic N) is 1. The van der Waals surface area contributed by atoms with Crippen LogP contribution in [0.25, 0.3) is 0 Å². The molecule has 1 rings (SSSR count). The van der Waals surface area contributed by atoms with E-state index in [4.69, 9.17) is 0 Å². The molecule has 1 aliphatic heterocycles. The standard InChI is InChI=1S/C6H14N2/c1-5-4-6(7-2)8(5)3/h5-7H,4H2,1-3H3. The summed E-state index contributed by atoms with van der Waals surface area (Å²) in [7, 11) is 4.16. The molecule has 2 heteroatoms. The van der Waals surface area contributed by atoms with Crippen LogP contribution in [0.15, 0.2) is 0 Å². The van der Waals surface area contributed by atoms with Gasteiger partial charge in [0.1, 0.15) is 0 Å². The van der Waals surface area contributed by atoms with Gasteiger partial charge in [0.25, 0.3) is 0 Å². The molecule has 0 saturated carbocycles. The Morgan fingerprint density at radius 3 is 2.38 bits per heavy atom. The molecule has 2 atom stereocenters. The third-order valence-corrected chi connectivity index (χ3v) is 2.08. The van der Waals surface area contributed by atoms with Crippen molar-refractivity contribution in [2.75, 3.05) is 14.1 Å². The smallest absolute Gasteiger partial charge is 0.0609 e. The van der Waals surface area contributed by atoms with Crippen molar-refractivity contribution in [3.05, 3.63) is 0 Å². The van der Waals surface area contributed by atoms with Crippen LogP contribution in [0.2, 0.25) is 0 Å². The average Bonchev–Trinajstić information content (AvgIpc) is 1.81. The molecule has 48 valence electrons. The molecule has 1 heterocycles. The van der Waals surface area contributed by atoms with E-state index in [1.807, 2.05) is 7.05 Å². The van der Waals surface area contributed by atoms with Gasteiger partial charge in [-0.25, -0.2) is 0 Å². The van der Waals surface area contributed by atoms with Crippen LogP contribution < -0.4 is 5.32 Å². The van der Waals surface area contributed by atoms with Gasteiger partial charge in [0.05, 0.1) is 6.17 Å². The van der Waals surface area contributed by atoms with E-state index in [1.165, 1.54) is 6.42 Å². The molecule has 1 aliphatic rings. The zero-order chi connectivity index (χ0) is 6.15. The quantitative estimate of drug-likeness (QED) is 0.526. The Morgan fingerprint density at radius 1 is 1.62 bits per heavy atom. The molecule has 2 unspecified atom stereocenters. The Kier molecular flexibility index (Phi) is 1.54. The fraction of sp³-hybridized carbons (Fsp3) is 1.00. The lowest BCUT2D eigenvalue weighted by atomic mass is 10.0. The largest absolute Gasteiger partial charge is 0.305 e. The average molecular weight is 114 g/mol. The summed E-state index contributed by atoms with van der Waals surface area (Å²) in [5.41, 5.74) is 0. The Hall–Kier alpha value is -0.0800. The van der Waals surface area contributed by atoms with Gasteiger partial charge in [-0.2, -0.15) is 0 Å². The summed E-state index contributed by atoms with van der Waals surface area (Å²) in [6, 6.07) is 0.785. The van der Waals surface area contributed by atoms with Gasteiger partial charge in [0.2, 0.25) is 0 Å². The van der Waals surface area contributed by atoms with Crippen LogP contribution in [-0.2, 0) is 0 Å². The van der Waals surface area contributed by atoms with Gasteiger partial charge in [-0.05, 0) is 27.4 Å². The highest BCUT2D eigenvalue weighted by Crippen LogP contribution is 2.19. The molecule has 0 aromatic rings. The van der Waals surface area contributed by atoms with E-state index >= 15 is 0 Å². The molecule has 2 nitrogen and oxygen atoms in total. The van der Waals surface area contributed by atoms with Gasteiger partial charge in [-0.15, -0.1) is 0 Å². The number of nitrogens with one attached hydrogen (secondary N) is 1. The van der Waals surface area contributed by atoms with Gasteiger partial charge in [-0.1, -0.05) is 0 Å². The summed E-state index contributed by atoms with van der Waals surface area (Å²) in [5.74, 6) is 0. The molecule has 0 radical (unpaired) electrons. The predicted octanol–water partition coefficient (Wildman–Crippen LogP) is 0.256. The topological polar surface area (TPSA) is 15.3 Å². The second-order valence-electron chi connectivity index (χ2n) is 2.55. The monoisotopic (exact) mass is 114 g/mol. The fourth-order valence-electron chi connectivity index (χ4n) is 1.15. The predicted molar refractivity (Wildman–Crippen MR) is 34.7 cm³/mol. The molecular weight excluding hydrogens is 100 g/mol. The minimum atomic E-state index is 0.644. The first-order chi connectivity index (χ1) is 3.75. The second-order valence-corrected chi connectivity index (χ2v) is 2.55. The van der Waals surface area contributed by atoms with Gasteiger partial charge < -0.3 is 5.32 Å². The van der Waals surface area contributed by atoms with Gasteiger partial charge in [0.15, 0.2) is 0 Å². The Balaban J connectivity index is 2.25. The molecule has 0 aromatic heterocycles. The fourth-order valence-corrected chi connectivity index (χ4v) is 1.15. The SMILES string of the molecule is CNC1CC(C)N1C. The summed E-state index contributed by atoms with van der Waals surface area (Å²) >= 11 is 0. The molecule has 8 heavy (non-hydrogen) atoms. The first-order valence-corrected chi connectivity index (χ1v) is 3.15. The van der Waals surface area contributed by atoms with E-state index in [2.05, 4.69) is 24.2 Å². The molecule has 0 amide bonds. The third-order valence-electron chi connectivity index (χ3n) is 2.08. The lowest BCUT2D eigenvalue weighted by Crippen LogP contribution is -2.57. The Morgan fingerprint density at radius 2 is 2.25 bits per heavy atom. The molecule has 0 aliphatic carbocycles. The summed E-state index contributed by atoms with van der Waals surface area (Å²) in [6.07, 6.45) is 1.94. The first-order valence-electron chi connectivity index (χ1n) is 3.15. The van der Waals surface area contributed by atoms with Gasteiger partial charge >= 0.3 is 0 Å². The van der Waals surface area contributed by atoms with Crippen LogP contribution in [0.5, 0.6) is 0 Å². The number of rotatable bonds is 1. The lowest BCUT2D eigenvalue weighted by Gasteiger charge is -2.44. The van der Waals surface area contributed by atoms with Crippen LogP contribution in [0.4, 0.5) is 0 Å². The highest BCUT2D eigenvalue weighted by molar-refractivity contribution is 4.83. The summed E-state index contributed by atoms with van der Waals surface area (Å²) in [4.78, 5) is 2.33. The van der Waals surface area contributed by atoms with E-state index in [1.54, 1.807) is 0 Å². The molecule has 0 aromatic carbocycles. The van der Waals surface area contributed by atoms with Crippen molar-refractivity contribution in [3.63, 3.8) is 0 Å². The maximum absolute atomic E-state index is 3.21. The maximum atomic E-state index is 3.21. The minimum absolute atomic E-state index is 0.644. The third kappa shape index (κ3) is 0.740. The second kappa shape index (κ2) is 2.03. The van der Waals surface area contributed by atoms with Crippen LogP contribution >= 0.6 is 0 Å². The van der Waals surface area contributed by atoms with E-state index in [0.717, 1.165) is 6.04 Å². The molecule has 1 saturated heterocycles. The van der Waals surface area contributed by atoms with Crippen molar-refractivity contribution in [1.82, 2.24) is 10.2 Å². The van der Waals surface area contributed by atoms with E-state index in [0.29, 0.717) is 6.17 Å². The summed E-state index contributed by atoms with van der Waals surface area (Å²) in [6.45, 7) is 2.24. The van der Waals surface area contributed by atoms with Crippen molar-refractivity contribution in [1.29, 1.82) is 0 Å². The highest BCUT2D eigenvalue weighted by Gasteiger charge is 2.29. The van der Waals surface area contributed by atoms with Crippen LogP contribution in [0, 0.1) is 0 Å². The molecule has 1 N–H and O–H groups in total. The van der Waals surface area contributed by atoms with Gasteiger partial charge in [-0.3, -0.25) is 4.90 Å². The molecule has 0 bridgehead atoms. The number of hydrogen-bond donors (Lipinski definition) is 1. The minimum Gasteiger partial charge on any atom is -0.305 e. The summed E-state index contributed by atoms with van der Waals surface area (Å²) in [5, 5.41) is 3.21. The zero-order valence-electron chi connectivity index (χ0n) is 5.81. The molecule has 1 fully saturated rings. The number of hydrogen-bond acceptors (Lipinski definition) is 2. The van der Waals surface area contributed by atoms with Crippen LogP contribution in [-0.4, -0.2) is 31.2 Å².